The Morgan fingerprint density at radius 1 is 1.12 bits per heavy atom. The van der Waals surface area contributed by atoms with Crippen molar-refractivity contribution in [3.8, 4) is 5.75 Å². The molecule has 2 nitrogen and oxygen atoms in total. The molecule has 1 aromatic carbocycles. The van der Waals surface area contributed by atoms with E-state index in [4.69, 9.17) is 4.74 Å². The summed E-state index contributed by atoms with van der Waals surface area (Å²) in [5.41, 5.74) is 0. The molecule has 0 atom stereocenters. The van der Waals surface area contributed by atoms with Crippen LogP contribution in [-0.2, 0) is 0 Å². The van der Waals surface area contributed by atoms with Gasteiger partial charge in [0.05, 0.1) is 0 Å². The average molecular weight is 220 g/mol. The molecular formula is C14H22NO. The van der Waals surface area contributed by atoms with Crippen LogP contribution in [-0.4, -0.2) is 30.1 Å². The number of ether oxygens (including phenoxy) is 1. The molecule has 0 aliphatic heterocycles. The Morgan fingerprint density at radius 2 is 1.69 bits per heavy atom. The Labute approximate surface area is 99.2 Å². The van der Waals surface area contributed by atoms with Gasteiger partial charge in [0.15, 0.2) is 0 Å². The molecule has 89 valence electrons. The third kappa shape index (κ3) is 4.23. The van der Waals surface area contributed by atoms with Gasteiger partial charge in [-0.3, -0.25) is 4.90 Å². The van der Waals surface area contributed by atoms with Gasteiger partial charge in [0.1, 0.15) is 12.4 Å². The molecule has 0 bridgehead atoms. The monoisotopic (exact) mass is 220 g/mol. The molecule has 0 N–H and O–H groups in total. The zero-order chi connectivity index (χ0) is 12.0. The minimum atomic E-state index is 0.563. The van der Waals surface area contributed by atoms with Crippen LogP contribution in [0.1, 0.15) is 27.7 Å². The van der Waals surface area contributed by atoms with Crippen LogP contribution in [0.5, 0.6) is 5.75 Å². The Morgan fingerprint density at radius 3 is 2.19 bits per heavy atom. The predicted octanol–water partition coefficient (Wildman–Crippen LogP) is 2.98. The fourth-order valence-electron chi connectivity index (χ4n) is 1.85. The fourth-order valence-corrected chi connectivity index (χ4v) is 1.85. The molecule has 0 fully saturated rings. The molecule has 0 aliphatic carbocycles. The van der Waals surface area contributed by atoms with Crippen molar-refractivity contribution in [1.82, 2.24) is 4.90 Å². The Bertz CT molecular complexity index is 274. The van der Waals surface area contributed by atoms with Crippen LogP contribution in [0.4, 0.5) is 0 Å². The van der Waals surface area contributed by atoms with Gasteiger partial charge in [-0.15, -0.1) is 0 Å². The van der Waals surface area contributed by atoms with Gasteiger partial charge >= 0.3 is 0 Å². The van der Waals surface area contributed by atoms with Crippen LogP contribution in [0.25, 0.3) is 0 Å². The largest absolute Gasteiger partial charge is 0.492 e. The smallest absolute Gasteiger partial charge is 0.119 e. The summed E-state index contributed by atoms with van der Waals surface area (Å²) in [6.45, 7) is 10.6. The van der Waals surface area contributed by atoms with E-state index in [0.717, 1.165) is 18.9 Å². The fraction of sp³-hybridized carbons (Fsp3) is 0.571. The topological polar surface area (TPSA) is 12.5 Å². The number of hydrogen-bond acceptors (Lipinski definition) is 2. The molecule has 0 saturated carbocycles. The van der Waals surface area contributed by atoms with E-state index < -0.39 is 0 Å². The normalized spacial score (nSPS) is 11.4. The summed E-state index contributed by atoms with van der Waals surface area (Å²) in [4.78, 5) is 2.43. The van der Waals surface area contributed by atoms with Gasteiger partial charge in [-0.05, 0) is 45.9 Å². The first-order valence-electron chi connectivity index (χ1n) is 5.96. The summed E-state index contributed by atoms with van der Waals surface area (Å²) >= 11 is 0. The molecule has 0 unspecified atom stereocenters. The molecule has 2 heteroatoms. The molecule has 0 amide bonds. The maximum absolute atomic E-state index is 5.68. The van der Waals surface area contributed by atoms with Crippen molar-refractivity contribution in [1.29, 1.82) is 0 Å². The number of rotatable bonds is 6. The maximum atomic E-state index is 5.68. The molecule has 1 aromatic rings. The lowest BCUT2D eigenvalue weighted by Crippen LogP contribution is -2.39. The molecule has 0 aliphatic rings. The summed E-state index contributed by atoms with van der Waals surface area (Å²) in [7, 11) is 0. The van der Waals surface area contributed by atoms with E-state index in [1.54, 1.807) is 0 Å². The first-order chi connectivity index (χ1) is 7.61. The van der Waals surface area contributed by atoms with Crippen molar-refractivity contribution in [3.63, 3.8) is 0 Å². The second-order valence-electron chi connectivity index (χ2n) is 4.51. The van der Waals surface area contributed by atoms with Gasteiger partial charge < -0.3 is 4.74 Å². The zero-order valence-electron chi connectivity index (χ0n) is 10.7. The maximum Gasteiger partial charge on any atom is 0.119 e. The van der Waals surface area contributed by atoms with E-state index in [2.05, 4.69) is 38.7 Å². The quantitative estimate of drug-likeness (QED) is 0.730. The van der Waals surface area contributed by atoms with E-state index in [1.807, 2.05) is 24.3 Å². The highest BCUT2D eigenvalue weighted by Crippen LogP contribution is 2.09. The first kappa shape index (κ1) is 13.0. The zero-order valence-corrected chi connectivity index (χ0v) is 10.7. The standard InChI is InChI=1S/C14H22NO/c1-12(2)15(13(3)4)10-11-16-14-8-6-5-7-9-14/h6-9,12-13H,10-11H2,1-4H3. The summed E-state index contributed by atoms with van der Waals surface area (Å²) in [6.07, 6.45) is 0. The Hall–Kier alpha value is -1.02. The highest BCUT2D eigenvalue weighted by molar-refractivity contribution is 5.20. The van der Waals surface area contributed by atoms with Crippen molar-refractivity contribution in [2.45, 2.75) is 39.8 Å². The van der Waals surface area contributed by atoms with Crippen LogP contribution in [0.2, 0.25) is 0 Å². The average Bonchev–Trinajstić information content (AvgIpc) is 2.24. The lowest BCUT2D eigenvalue weighted by molar-refractivity contribution is 0.142. The van der Waals surface area contributed by atoms with Gasteiger partial charge in [-0.25, -0.2) is 0 Å². The van der Waals surface area contributed by atoms with Crippen LogP contribution in [0.3, 0.4) is 0 Å². The number of hydrogen-bond donors (Lipinski definition) is 0. The molecule has 0 spiro atoms. The second kappa shape index (κ2) is 6.54. The predicted molar refractivity (Wildman–Crippen MR) is 67.8 cm³/mol. The van der Waals surface area contributed by atoms with Crippen molar-refractivity contribution < 1.29 is 4.74 Å². The molecule has 1 radical (unpaired) electrons. The number of benzene rings is 1. The van der Waals surface area contributed by atoms with Crippen LogP contribution in [0.15, 0.2) is 24.3 Å². The van der Waals surface area contributed by atoms with E-state index in [-0.39, 0.29) is 0 Å². The lowest BCUT2D eigenvalue weighted by atomic mass is 10.2. The Balaban J connectivity index is 2.34. The van der Waals surface area contributed by atoms with E-state index in [0.29, 0.717) is 12.1 Å². The van der Waals surface area contributed by atoms with Crippen LogP contribution >= 0.6 is 0 Å². The van der Waals surface area contributed by atoms with E-state index >= 15 is 0 Å². The van der Waals surface area contributed by atoms with Crippen molar-refractivity contribution in [2.75, 3.05) is 13.2 Å². The number of nitrogens with zero attached hydrogens (tertiary/aromatic N) is 1. The summed E-state index contributed by atoms with van der Waals surface area (Å²) in [5.74, 6) is 0.922. The summed E-state index contributed by atoms with van der Waals surface area (Å²) in [6, 6.07) is 11.7. The highest BCUT2D eigenvalue weighted by Gasteiger charge is 2.12. The van der Waals surface area contributed by atoms with E-state index in [9.17, 15) is 0 Å². The third-order valence-corrected chi connectivity index (χ3v) is 2.63. The SMILES string of the molecule is CC(C)N(CCOc1cc[c]cc1)C(C)C. The van der Waals surface area contributed by atoms with Crippen LogP contribution in [0, 0.1) is 6.07 Å². The van der Waals surface area contributed by atoms with Crippen molar-refractivity contribution in [3.05, 3.63) is 30.3 Å². The molecule has 0 aromatic heterocycles. The van der Waals surface area contributed by atoms with Gasteiger partial charge in [-0.1, -0.05) is 12.1 Å². The minimum absolute atomic E-state index is 0.563. The van der Waals surface area contributed by atoms with Gasteiger partial charge in [0, 0.05) is 18.6 Å². The van der Waals surface area contributed by atoms with Gasteiger partial charge in [0.2, 0.25) is 0 Å². The molecule has 0 heterocycles. The first-order valence-corrected chi connectivity index (χ1v) is 5.96. The molecule has 1 rings (SSSR count). The van der Waals surface area contributed by atoms with E-state index in [1.165, 1.54) is 0 Å². The third-order valence-electron chi connectivity index (χ3n) is 2.63. The molecule has 0 saturated heterocycles. The lowest BCUT2D eigenvalue weighted by Gasteiger charge is -2.30. The molecule has 16 heavy (non-hydrogen) atoms. The van der Waals surface area contributed by atoms with Crippen LogP contribution < -0.4 is 4.74 Å². The highest BCUT2D eigenvalue weighted by atomic mass is 16.5. The minimum Gasteiger partial charge on any atom is -0.492 e. The van der Waals surface area contributed by atoms with Gasteiger partial charge in [-0.2, -0.15) is 0 Å². The van der Waals surface area contributed by atoms with Gasteiger partial charge in [0.25, 0.3) is 0 Å². The molecular weight excluding hydrogens is 198 g/mol. The van der Waals surface area contributed by atoms with Crippen molar-refractivity contribution in [2.24, 2.45) is 0 Å². The summed E-state index contributed by atoms with van der Waals surface area (Å²) < 4.78 is 5.68. The Kier molecular flexibility index (Phi) is 5.33. The van der Waals surface area contributed by atoms with Crippen molar-refractivity contribution >= 4 is 0 Å². The second-order valence-corrected chi connectivity index (χ2v) is 4.51. The summed E-state index contributed by atoms with van der Waals surface area (Å²) in [5, 5.41) is 0.